The predicted octanol–water partition coefficient (Wildman–Crippen LogP) is 1.56. The van der Waals surface area contributed by atoms with Crippen molar-refractivity contribution in [3.63, 3.8) is 0 Å². The lowest BCUT2D eigenvalue weighted by atomic mass is 10.2. The first kappa shape index (κ1) is 19.4. The van der Waals surface area contributed by atoms with Gasteiger partial charge in [0.1, 0.15) is 17.5 Å². The van der Waals surface area contributed by atoms with Crippen molar-refractivity contribution in [1.82, 2.24) is 19.8 Å². The standard InChI is InChI=1S/C21H29N7O/c1-17-22-20(15-21(23-17)28-13-9-26(16-29)10-14-28)24-18-3-5-19(6-4-18)27-11-7-25(2)8-12-27/h3-6,15-16H,7-14H2,1-2H3,(H,22,23,24). The van der Waals surface area contributed by atoms with Gasteiger partial charge < -0.3 is 24.9 Å². The summed E-state index contributed by atoms with van der Waals surface area (Å²) in [5.74, 6) is 2.43. The molecule has 2 fully saturated rings. The zero-order valence-corrected chi connectivity index (χ0v) is 17.2. The zero-order chi connectivity index (χ0) is 20.2. The molecule has 0 spiro atoms. The molecular formula is C21H29N7O. The number of aryl methyl sites for hydroxylation is 1. The third kappa shape index (κ3) is 4.76. The normalized spacial score (nSPS) is 18.1. The summed E-state index contributed by atoms with van der Waals surface area (Å²) in [6.07, 6.45) is 0.918. The SMILES string of the molecule is Cc1nc(Nc2ccc(N3CCN(C)CC3)cc2)cc(N2CCN(C=O)CC2)n1. The van der Waals surface area contributed by atoms with Crippen LogP contribution >= 0.6 is 0 Å². The number of nitrogens with one attached hydrogen (secondary N) is 1. The summed E-state index contributed by atoms with van der Waals surface area (Å²) >= 11 is 0. The number of hydrogen-bond acceptors (Lipinski definition) is 7. The number of nitrogens with zero attached hydrogens (tertiary/aromatic N) is 6. The Morgan fingerprint density at radius 1 is 0.897 bits per heavy atom. The van der Waals surface area contributed by atoms with Crippen LogP contribution in [0.3, 0.4) is 0 Å². The van der Waals surface area contributed by atoms with Crippen molar-refractivity contribution in [2.45, 2.75) is 6.92 Å². The number of carbonyl (C=O) groups is 1. The Kier molecular flexibility index (Phi) is 5.80. The van der Waals surface area contributed by atoms with Gasteiger partial charge in [-0.2, -0.15) is 0 Å². The first-order chi connectivity index (χ1) is 14.1. The molecule has 2 aromatic rings. The van der Waals surface area contributed by atoms with E-state index in [1.165, 1.54) is 5.69 Å². The fraction of sp³-hybridized carbons (Fsp3) is 0.476. The van der Waals surface area contributed by atoms with Crippen LogP contribution in [0, 0.1) is 6.92 Å². The molecule has 2 saturated heterocycles. The number of rotatable bonds is 5. The number of anilines is 4. The van der Waals surface area contributed by atoms with Crippen LogP contribution in [0.15, 0.2) is 30.3 Å². The third-order valence-electron chi connectivity index (χ3n) is 5.62. The Hall–Kier alpha value is -2.87. The van der Waals surface area contributed by atoms with Crippen molar-refractivity contribution >= 4 is 29.4 Å². The highest BCUT2D eigenvalue weighted by Gasteiger charge is 2.18. The lowest BCUT2D eigenvalue weighted by Crippen LogP contribution is -2.46. The molecule has 2 aliphatic rings. The van der Waals surface area contributed by atoms with Gasteiger partial charge in [0.2, 0.25) is 6.41 Å². The highest BCUT2D eigenvalue weighted by molar-refractivity contribution is 5.63. The second-order valence-electron chi connectivity index (χ2n) is 7.75. The molecule has 3 heterocycles. The van der Waals surface area contributed by atoms with Crippen molar-refractivity contribution < 1.29 is 4.79 Å². The maximum Gasteiger partial charge on any atom is 0.209 e. The van der Waals surface area contributed by atoms with Crippen molar-refractivity contribution in [3.05, 3.63) is 36.2 Å². The molecule has 0 saturated carbocycles. The van der Waals surface area contributed by atoms with E-state index in [0.717, 1.165) is 81.9 Å². The minimum atomic E-state index is 0.725. The Labute approximate surface area is 172 Å². The van der Waals surface area contributed by atoms with Gasteiger partial charge >= 0.3 is 0 Å². The smallest absolute Gasteiger partial charge is 0.209 e. The molecule has 2 aliphatic heterocycles. The van der Waals surface area contributed by atoms with Crippen molar-refractivity contribution in [2.24, 2.45) is 0 Å². The van der Waals surface area contributed by atoms with Gasteiger partial charge in [-0.25, -0.2) is 9.97 Å². The average Bonchev–Trinajstić information content (AvgIpc) is 2.75. The number of hydrogen-bond donors (Lipinski definition) is 1. The molecule has 0 bridgehead atoms. The minimum absolute atomic E-state index is 0.725. The summed E-state index contributed by atoms with van der Waals surface area (Å²) < 4.78 is 0. The molecule has 1 amide bonds. The highest BCUT2D eigenvalue weighted by atomic mass is 16.1. The van der Waals surface area contributed by atoms with E-state index in [1.807, 2.05) is 13.0 Å². The maximum absolute atomic E-state index is 10.9. The van der Waals surface area contributed by atoms with E-state index < -0.39 is 0 Å². The Morgan fingerprint density at radius 3 is 2.21 bits per heavy atom. The molecule has 1 aromatic carbocycles. The second-order valence-corrected chi connectivity index (χ2v) is 7.75. The lowest BCUT2D eigenvalue weighted by Gasteiger charge is -2.34. The molecule has 4 rings (SSSR count). The van der Waals surface area contributed by atoms with E-state index in [9.17, 15) is 4.79 Å². The summed E-state index contributed by atoms with van der Waals surface area (Å²) in [4.78, 5) is 28.8. The van der Waals surface area contributed by atoms with Crippen molar-refractivity contribution in [2.75, 3.05) is 74.5 Å². The summed E-state index contributed by atoms with van der Waals surface area (Å²) in [7, 11) is 2.17. The van der Waals surface area contributed by atoms with E-state index in [1.54, 1.807) is 4.90 Å². The van der Waals surface area contributed by atoms with E-state index in [4.69, 9.17) is 0 Å². The number of piperazine rings is 2. The molecule has 1 aromatic heterocycles. The summed E-state index contributed by atoms with van der Waals surface area (Å²) in [6.45, 7) is 9.26. The van der Waals surface area contributed by atoms with E-state index in [0.29, 0.717) is 0 Å². The largest absolute Gasteiger partial charge is 0.369 e. The van der Waals surface area contributed by atoms with Crippen LogP contribution in [-0.2, 0) is 4.79 Å². The average molecular weight is 396 g/mol. The predicted molar refractivity (Wildman–Crippen MR) is 116 cm³/mol. The molecule has 29 heavy (non-hydrogen) atoms. The molecule has 0 unspecified atom stereocenters. The number of aromatic nitrogens is 2. The van der Waals surface area contributed by atoms with Crippen LogP contribution in [0.25, 0.3) is 0 Å². The van der Waals surface area contributed by atoms with E-state index in [2.05, 4.69) is 61.3 Å². The number of likely N-dealkylation sites (N-methyl/N-ethyl adjacent to an activating group) is 1. The van der Waals surface area contributed by atoms with Gasteiger partial charge in [-0.1, -0.05) is 0 Å². The van der Waals surface area contributed by atoms with Gasteiger partial charge in [0, 0.05) is 69.8 Å². The van der Waals surface area contributed by atoms with Crippen LogP contribution < -0.4 is 15.1 Å². The molecule has 8 nitrogen and oxygen atoms in total. The van der Waals surface area contributed by atoms with E-state index >= 15 is 0 Å². The first-order valence-corrected chi connectivity index (χ1v) is 10.2. The Balaban J connectivity index is 1.42. The first-order valence-electron chi connectivity index (χ1n) is 10.2. The maximum atomic E-state index is 10.9. The van der Waals surface area contributed by atoms with Crippen LogP contribution in [0.1, 0.15) is 5.82 Å². The van der Waals surface area contributed by atoms with Gasteiger partial charge in [0.05, 0.1) is 0 Å². The number of benzene rings is 1. The molecule has 154 valence electrons. The highest BCUT2D eigenvalue weighted by Crippen LogP contribution is 2.23. The Bertz CT molecular complexity index is 825. The van der Waals surface area contributed by atoms with Crippen molar-refractivity contribution in [3.8, 4) is 0 Å². The fourth-order valence-electron chi connectivity index (χ4n) is 3.80. The molecule has 0 radical (unpaired) electrons. The summed E-state index contributed by atoms with van der Waals surface area (Å²) in [6, 6.07) is 10.5. The van der Waals surface area contributed by atoms with Gasteiger partial charge in [0.25, 0.3) is 0 Å². The van der Waals surface area contributed by atoms with Crippen LogP contribution in [0.4, 0.5) is 23.0 Å². The van der Waals surface area contributed by atoms with E-state index in [-0.39, 0.29) is 0 Å². The molecular weight excluding hydrogens is 366 g/mol. The quantitative estimate of drug-likeness (QED) is 0.771. The Morgan fingerprint density at radius 2 is 1.55 bits per heavy atom. The topological polar surface area (TPSA) is 67.8 Å². The van der Waals surface area contributed by atoms with Gasteiger partial charge in [-0.3, -0.25) is 4.79 Å². The van der Waals surface area contributed by atoms with Crippen LogP contribution in [0.5, 0.6) is 0 Å². The fourth-order valence-corrected chi connectivity index (χ4v) is 3.80. The zero-order valence-electron chi connectivity index (χ0n) is 17.2. The lowest BCUT2D eigenvalue weighted by molar-refractivity contribution is -0.118. The number of amides is 1. The molecule has 8 heteroatoms. The van der Waals surface area contributed by atoms with Gasteiger partial charge in [-0.05, 0) is 38.2 Å². The van der Waals surface area contributed by atoms with Crippen LogP contribution in [-0.4, -0.2) is 85.6 Å². The summed E-state index contributed by atoms with van der Waals surface area (Å²) in [5, 5.41) is 3.41. The molecule has 0 atom stereocenters. The third-order valence-corrected chi connectivity index (χ3v) is 5.62. The second kappa shape index (κ2) is 8.65. The van der Waals surface area contributed by atoms with Gasteiger partial charge in [-0.15, -0.1) is 0 Å². The number of carbonyl (C=O) groups excluding carboxylic acids is 1. The van der Waals surface area contributed by atoms with Crippen molar-refractivity contribution in [1.29, 1.82) is 0 Å². The molecule has 0 aliphatic carbocycles. The summed E-state index contributed by atoms with van der Waals surface area (Å²) in [5.41, 5.74) is 2.27. The monoisotopic (exact) mass is 395 g/mol. The van der Waals surface area contributed by atoms with Crippen LogP contribution in [0.2, 0.25) is 0 Å². The van der Waals surface area contributed by atoms with Gasteiger partial charge in [0.15, 0.2) is 0 Å². The minimum Gasteiger partial charge on any atom is -0.369 e. The molecule has 1 N–H and O–H groups in total.